The van der Waals surface area contributed by atoms with Gasteiger partial charge in [0.05, 0.1) is 0 Å². The van der Waals surface area contributed by atoms with Crippen molar-refractivity contribution in [1.82, 2.24) is 0 Å². The van der Waals surface area contributed by atoms with Crippen LogP contribution in [0.4, 0.5) is 0 Å². The first-order valence-electron chi connectivity index (χ1n) is 4.60. The first-order valence-corrected chi connectivity index (χ1v) is 5.82. The molecule has 0 N–H and O–H groups in total. The lowest BCUT2D eigenvalue weighted by Crippen LogP contribution is -2.27. The Morgan fingerprint density at radius 3 is 1.67 bits per heavy atom. The second-order valence-electron chi connectivity index (χ2n) is 2.38. The van der Waals surface area contributed by atoms with E-state index in [1.165, 1.54) is 0 Å². The van der Waals surface area contributed by atoms with Gasteiger partial charge in [0.2, 0.25) is 0 Å². The van der Waals surface area contributed by atoms with Gasteiger partial charge in [-0.2, -0.15) is 0 Å². The molecule has 0 unspecified atom stereocenters. The fourth-order valence-corrected chi connectivity index (χ4v) is 1.84. The third-order valence-electron chi connectivity index (χ3n) is 1.11. The predicted molar refractivity (Wildman–Crippen MR) is 49.9 cm³/mol. The minimum Gasteiger partial charge on any atom is -0.371 e. The molecule has 0 saturated carbocycles. The van der Waals surface area contributed by atoms with E-state index < -0.39 is 9.53 Å². The van der Waals surface area contributed by atoms with Gasteiger partial charge in [0.15, 0.2) is 0 Å². The van der Waals surface area contributed by atoms with Crippen molar-refractivity contribution in [2.75, 3.05) is 19.8 Å². The maximum atomic E-state index is 5.39. The second-order valence-corrected chi connectivity index (χ2v) is 3.75. The summed E-state index contributed by atoms with van der Waals surface area (Å²) in [4.78, 5) is 0. The molecular weight excluding hydrogens is 172 g/mol. The Morgan fingerprint density at radius 1 is 0.833 bits per heavy atom. The van der Waals surface area contributed by atoms with Crippen LogP contribution in [0.5, 0.6) is 0 Å². The summed E-state index contributed by atoms with van der Waals surface area (Å²) in [6.45, 7) is 8.24. The van der Waals surface area contributed by atoms with Gasteiger partial charge in [-0.1, -0.05) is 13.8 Å². The number of rotatable bonds is 8. The highest BCUT2D eigenvalue weighted by Gasteiger charge is 2.16. The van der Waals surface area contributed by atoms with E-state index in [1.807, 2.05) is 6.92 Å². The molecule has 3 nitrogen and oxygen atoms in total. The Morgan fingerprint density at radius 2 is 1.33 bits per heavy atom. The van der Waals surface area contributed by atoms with Crippen LogP contribution in [0.25, 0.3) is 0 Å². The quantitative estimate of drug-likeness (QED) is 0.548. The Labute approximate surface area is 77.0 Å². The van der Waals surface area contributed by atoms with E-state index in [9.17, 15) is 0 Å². The Kier molecular flexibility index (Phi) is 9.26. The van der Waals surface area contributed by atoms with E-state index in [4.69, 9.17) is 13.3 Å². The minimum absolute atomic E-state index is 0.668. The fraction of sp³-hybridized carbons (Fsp3) is 1.00. The minimum atomic E-state index is -1.42. The van der Waals surface area contributed by atoms with Crippen molar-refractivity contribution in [2.24, 2.45) is 0 Å². The van der Waals surface area contributed by atoms with Gasteiger partial charge in [-0.25, -0.2) is 0 Å². The van der Waals surface area contributed by atoms with Gasteiger partial charge in [-0.15, -0.1) is 0 Å². The summed E-state index contributed by atoms with van der Waals surface area (Å²) in [6.07, 6.45) is 2.02. The van der Waals surface area contributed by atoms with E-state index in [0.717, 1.165) is 26.1 Å². The summed E-state index contributed by atoms with van der Waals surface area (Å²) in [5.41, 5.74) is 0. The van der Waals surface area contributed by atoms with Crippen LogP contribution in [0, 0.1) is 0 Å². The van der Waals surface area contributed by atoms with Crippen molar-refractivity contribution in [3.8, 4) is 0 Å². The molecule has 0 amide bonds. The van der Waals surface area contributed by atoms with Crippen molar-refractivity contribution in [1.29, 1.82) is 0 Å². The molecule has 0 aliphatic carbocycles. The molecule has 0 aromatic carbocycles. The molecule has 0 atom stereocenters. The zero-order valence-corrected chi connectivity index (χ0v) is 9.26. The lowest BCUT2D eigenvalue weighted by Gasteiger charge is -2.12. The fourth-order valence-electron chi connectivity index (χ4n) is 0.614. The van der Waals surface area contributed by atoms with Crippen molar-refractivity contribution < 1.29 is 13.3 Å². The molecule has 0 fully saturated rings. The molecule has 1 radical (unpaired) electrons. The zero-order valence-electron chi connectivity index (χ0n) is 8.26. The van der Waals surface area contributed by atoms with Gasteiger partial charge in [-0.05, 0) is 19.8 Å². The molecule has 0 rings (SSSR count). The third-order valence-corrected chi connectivity index (χ3v) is 2.51. The average molecular weight is 191 g/mol. The Hall–Kier alpha value is 0.0969. The molecular formula is C8H19O3Si. The average Bonchev–Trinajstić information content (AvgIpc) is 2.10. The van der Waals surface area contributed by atoms with Crippen LogP contribution in [-0.4, -0.2) is 29.3 Å². The summed E-state index contributed by atoms with van der Waals surface area (Å²) in [5.74, 6) is 0. The van der Waals surface area contributed by atoms with Gasteiger partial charge < -0.3 is 13.3 Å². The van der Waals surface area contributed by atoms with E-state index >= 15 is 0 Å². The lowest BCUT2D eigenvalue weighted by atomic mass is 10.5. The maximum absolute atomic E-state index is 5.39. The topological polar surface area (TPSA) is 27.7 Å². The monoisotopic (exact) mass is 191 g/mol. The van der Waals surface area contributed by atoms with E-state index in [-0.39, 0.29) is 0 Å². The second kappa shape index (κ2) is 9.19. The third kappa shape index (κ3) is 6.79. The van der Waals surface area contributed by atoms with Gasteiger partial charge in [-0.3, -0.25) is 0 Å². The molecule has 0 saturated heterocycles. The summed E-state index contributed by atoms with van der Waals surface area (Å²) >= 11 is 0. The molecule has 0 bridgehead atoms. The first-order chi connectivity index (χ1) is 5.85. The highest BCUT2D eigenvalue weighted by Crippen LogP contribution is 1.95. The van der Waals surface area contributed by atoms with Gasteiger partial charge in [0.1, 0.15) is 0 Å². The van der Waals surface area contributed by atoms with Crippen molar-refractivity contribution in [3.05, 3.63) is 0 Å². The molecule has 0 aromatic rings. The molecule has 73 valence electrons. The Bertz CT molecular complexity index is 82.4. The van der Waals surface area contributed by atoms with Crippen LogP contribution < -0.4 is 0 Å². The van der Waals surface area contributed by atoms with Crippen LogP contribution in [0.1, 0.15) is 33.6 Å². The Balaban J connectivity index is 3.40. The molecule has 0 aliphatic rings. The van der Waals surface area contributed by atoms with E-state index in [1.54, 1.807) is 0 Å². The zero-order chi connectivity index (χ0) is 9.23. The van der Waals surface area contributed by atoms with Crippen LogP contribution in [0.2, 0.25) is 0 Å². The largest absolute Gasteiger partial charge is 0.577 e. The molecule has 0 aromatic heterocycles. The number of hydrogen-bond acceptors (Lipinski definition) is 3. The highest BCUT2D eigenvalue weighted by atomic mass is 28.3. The molecule has 0 aliphatic heterocycles. The van der Waals surface area contributed by atoms with Crippen molar-refractivity contribution >= 4 is 9.53 Å². The highest BCUT2D eigenvalue weighted by molar-refractivity contribution is 6.36. The molecule has 12 heavy (non-hydrogen) atoms. The van der Waals surface area contributed by atoms with Gasteiger partial charge in [0, 0.05) is 19.8 Å². The maximum Gasteiger partial charge on any atom is 0.577 e. The standard InChI is InChI=1S/C8H19O3Si/c1-4-7-10-12(9-6-3)11-8-5-2/h4-8H2,1-3H3. The summed E-state index contributed by atoms with van der Waals surface area (Å²) in [7, 11) is -1.42. The van der Waals surface area contributed by atoms with Crippen LogP contribution in [-0.2, 0) is 13.3 Å². The van der Waals surface area contributed by atoms with Gasteiger partial charge >= 0.3 is 9.53 Å². The molecule has 0 heterocycles. The summed E-state index contributed by atoms with van der Waals surface area (Å²) in [5, 5.41) is 0. The molecule has 0 spiro atoms. The van der Waals surface area contributed by atoms with E-state index in [0.29, 0.717) is 6.61 Å². The summed E-state index contributed by atoms with van der Waals surface area (Å²) < 4.78 is 16.1. The van der Waals surface area contributed by atoms with Crippen LogP contribution >= 0.6 is 0 Å². The van der Waals surface area contributed by atoms with Gasteiger partial charge in [0.25, 0.3) is 0 Å². The summed E-state index contributed by atoms with van der Waals surface area (Å²) in [6, 6.07) is 0. The van der Waals surface area contributed by atoms with Crippen molar-refractivity contribution in [3.63, 3.8) is 0 Å². The van der Waals surface area contributed by atoms with Crippen molar-refractivity contribution in [2.45, 2.75) is 33.6 Å². The SMILES string of the molecule is CCCO[Si](OCC)OCCC. The number of hydrogen-bond donors (Lipinski definition) is 0. The lowest BCUT2D eigenvalue weighted by molar-refractivity contribution is 0.0976. The van der Waals surface area contributed by atoms with Crippen LogP contribution in [0.3, 0.4) is 0 Å². The smallest absolute Gasteiger partial charge is 0.371 e. The first kappa shape index (κ1) is 12.1. The predicted octanol–water partition coefficient (Wildman–Crippen LogP) is 1.86. The van der Waals surface area contributed by atoms with E-state index in [2.05, 4.69) is 13.8 Å². The normalized spacial score (nSPS) is 11.0. The van der Waals surface area contributed by atoms with Crippen LogP contribution in [0.15, 0.2) is 0 Å². The molecule has 4 heteroatoms.